The van der Waals surface area contributed by atoms with E-state index >= 15 is 0 Å². The van der Waals surface area contributed by atoms with Crippen LogP contribution in [-0.2, 0) is 6.18 Å². The van der Waals surface area contributed by atoms with Gasteiger partial charge in [-0.05, 0) is 6.07 Å². The van der Waals surface area contributed by atoms with Crippen LogP contribution in [-0.4, -0.2) is 15.1 Å². The highest BCUT2D eigenvalue weighted by atomic mass is 19.4. The molecule has 0 fully saturated rings. The quantitative estimate of drug-likeness (QED) is 0.683. The molecule has 100 valence electrons. The fourth-order valence-electron chi connectivity index (χ4n) is 1.21. The van der Waals surface area contributed by atoms with E-state index in [9.17, 15) is 23.3 Å². The average molecular weight is 274 g/mol. The number of nitrogens with zero attached hydrogens (tertiary/aromatic N) is 3. The van der Waals surface area contributed by atoms with Crippen LogP contribution in [0.5, 0.6) is 0 Å². The first-order valence-electron chi connectivity index (χ1n) is 4.78. The van der Waals surface area contributed by atoms with Gasteiger partial charge in [-0.2, -0.15) is 13.2 Å². The summed E-state index contributed by atoms with van der Waals surface area (Å²) in [6.45, 7) is 0. The number of aromatic nitrogens is 2. The molecular formula is C9H5F3N4O3. The van der Waals surface area contributed by atoms with E-state index in [4.69, 9.17) is 0 Å². The van der Waals surface area contributed by atoms with Crippen molar-refractivity contribution in [2.24, 2.45) is 0 Å². The summed E-state index contributed by atoms with van der Waals surface area (Å²) in [5.74, 6) is -1.50. The lowest BCUT2D eigenvalue weighted by molar-refractivity contribution is -0.384. The normalized spacial score (nSPS) is 11.3. The van der Waals surface area contributed by atoms with E-state index in [0.29, 0.717) is 0 Å². The Bertz CT molecular complexity index is 611. The molecule has 2 aromatic rings. The van der Waals surface area contributed by atoms with E-state index in [1.54, 1.807) is 0 Å². The van der Waals surface area contributed by atoms with Crippen LogP contribution in [0, 0.1) is 10.1 Å². The number of halogens is 3. The minimum Gasteiger partial charge on any atom is -0.399 e. The Morgan fingerprint density at radius 1 is 1.32 bits per heavy atom. The van der Waals surface area contributed by atoms with Crippen molar-refractivity contribution in [2.45, 2.75) is 6.18 Å². The van der Waals surface area contributed by atoms with Crippen molar-refractivity contribution in [3.63, 3.8) is 0 Å². The van der Waals surface area contributed by atoms with Crippen LogP contribution in [0.15, 0.2) is 28.7 Å². The second-order valence-electron chi connectivity index (χ2n) is 3.34. The highest BCUT2D eigenvalue weighted by Crippen LogP contribution is 2.29. The molecule has 1 heterocycles. The molecule has 0 unspecified atom stereocenters. The van der Waals surface area contributed by atoms with Crippen molar-refractivity contribution in [1.29, 1.82) is 0 Å². The number of nitrogens with one attached hydrogen (secondary N) is 1. The number of nitro groups is 1. The first-order chi connectivity index (χ1) is 8.86. The molecule has 1 aromatic carbocycles. The molecule has 0 aliphatic heterocycles. The summed E-state index contributed by atoms with van der Waals surface area (Å²) >= 11 is 0. The number of rotatable bonds is 3. The van der Waals surface area contributed by atoms with Gasteiger partial charge in [0, 0.05) is 17.8 Å². The molecule has 0 bridgehead atoms. The molecule has 7 nitrogen and oxygen atoms in total. The lowest BCUT2D eigenvalue weighted by Gasteiger charge is -2.01. The Morgan fingerprint density at radius 2 is 2.05 bits per heavy atom. The summed E-state index contributed by atoms with van der Waals surface area (Å²) in [6.07, 6.45) is -4.74. The molecular weight excluding hydrogens is 269 g/mol. The van der Waals surface area contributed by atoms with E-state index in [0.717, 1.165) is 6.07 Å². The number of hydrogen-bond donors (Lipinski definition) is 1. The van der Waals surface area contributed by atoms with Crippen LogP contribution in [0.25, 0.3) is 0 Å². The molecule has 0 radical (unpaired) electrons. The Balaban J connectivity index is 2.19. The highest BCUT2D eigenvalue weighted by molar-refractivity contribution is 5.56. The topological polar surface area (TPSA) is 94.1 Å². The summed E-state index contributed by atoms with van der Waals surface area (Å²) in [5.41, 5.74) is -0.0628. The lowest BCUT2D eigenvalue weighted by atomic mass is 10.3. The molecule has 0 amide bonds. The standard InChI is InChI=1S/C9H5F3N4O3/c10-9(11,12)7-14-15-8(19-7)13-5-2-1-3-6(4-5)16(17)18/h1-4H,(H,13,15). The molecule has 19 heavy (non-hydrogen) atoms. The Kier molecular flexibility index (Phi) is 3.07. The molecule has 0 saturated heterocycles. The zero-order chi connectivity index (χ0) is 14.0. The minimum absolute atomic E-state index is 0.159. The van der Waals surface area contributed by atoms with Crippen LogP contribution in [0.4, 0.5) is 30.6 Å². The Morgan fingerprint density at radius 3 is 2.63 bits per heavy atom. The van der Waals surface area contributed by atoms with Crippen molar-refractivity contribution in [3.8, 4) is 0 Å². The fourth-order valence-corrected chi connectivity index (χ4v) is 1.21. The summed E-state index contributed by atoms with van der Waals surface area (Å²) in [5, 5.41) is 18.8. The van der Waals surface area contributed by atoms with Crippen LogP contribution >= 0.6 is 0 Å². The van der Waals surface area contributed by atoms with Crippen molar-refractivity contribution in [2.75, 3.05) is 5.32 Å². The summed E-state index contributed by atoms with van der Waals surface area (Å²) in [6, 6.07) is 4.62. The number of non-ortho nitro benzene ring substituents is 1. The molecule has 0 saturated carbocycles. The van der Waals surface area contributed by atoms with Crippen molar-refractivity contribution < 1.29 is 22.5 Å². The number of alkyl halides is 3. The van der Waals surface area contributed by atoms with Gasteiger partial charge in [0.25, 0.3) is 5.69 Å². The predicted octanol–water partition coefficient (Wildman–Crippen LogP) is 2.74. The number of hydrogen-bond acceptors (Lipinski definition) is 6. The molecule has 2 rings (SSSR count). The maximum absolute atomic E-state index is 12.2. The zero-order valence-electron chi connectivity index (χ0n) is 9.01. The fraction of sp³-hybridized carbons (Fsp3) is 0.111. The average Bonchev–Trinajstić information content (AvgIpc) is 2.77. The molecule has 0 aliphatic rings. The van der Waals surface area contributed by atoms with Crippen molar-refractivity contribution in [3.05, 3.63) is 40.3 Å². The van der Waals surface area contributed by atoms with Crippen molar-refractivity contribution in [1.82, 2.24) is 10.2 Å². The summed E-state index contributed by atoms with van der Waals surface area (Å²) in [4.78, 5) is 9.88. The number of anilines is 2. The van der Waals surface area contributed by atoms with Gasteiger partial charge in [0.1, 0.15) is 0 Å². The van der Waals surface area contributed by atoms with E-state index < -0.39 is 23.0 Å². The highest BCUT2D eigenvalue weighted by Gasteiger charge is 2.38. The first-order valence-corrected chi connectivity index (χ1v) is 4.78. The second-order valence-corrected chi connectivity index (χ2v) is 3.34. The third kappa shape index (κ3) is 2.97. The molecule has 0 atom stereocenters. The van der Waals surface area contributed by atoms with Crippen LogP contribution in [0.1, 0.15) is 5.89 Å². The zero-order valence-corrected chi connectivity index (χ0v) is 9.01. The SMILES string of the molecule is O=[N+]([O-])c1cccc(Nc2nnc(C(F)(F)F)o2)c1. The second kappa shape index (κ2) is 4.55. The van der Waals surface area contributed by atoms with Crippen LogP contribution in [0.3, 0.4) is 0 Å². The molecule has 1 N–H and O–H groups in total. The number of benzene rings is 1. The third-order valence-corrected chi connectivity index (χ3v) is 1.98. The van der Waals surface area contributed by atoms with E-state index in [1.165, 1.54) is 18.2 Å². The molecule has 1 aromatic heterocycles. The monoisotopic (exact) mass is 274 g/mol. The van der Waals surface area contributed by atoms with Gasteiger partial charge >= 0.3 is 18.1 Å². The molecule has 10 heteroatoms. The van der Waals surface area contributed by atoms with Gasteiger partial charge in [0.15, 0.2) is 0 Å². The van der Waals surface area contributed by atoms with Gasteiger partial charge in [-0.25, -0.2) is 0 Å². The van der Waals surface area contributed by atoms with E-state index in [2.05, 4.69) is 19.9 Å². The van der Waals surface area contributed by atoms with Gasteiger partial charge in [-0.15, -0.1) is 5.10 Å². The largest absolute Gasteiger partial charge is 0.470 e. The van der Waals surface area contributed by atoms with Crippen LogP contribution < -0.4 is 5.32 Å². The minimum atomic E-state index is -4.74. The van der Waals surface area contributed by atoms with Crippen molar-refractivity contribution >= 4 is 17.4 Å². The molecule has 0 spiro atoms. The van der Waals surface area contributed by atoms with Gasteiger partial charge < -0.3 is 9.73 Å². The van der Waals surface area contributed by atoms with Gasteiger partial charge in [0.2, 0.25) is 0 Å². The maximum Gasteiger partial charge on any atom is 0.470 e. The van der Waals surface area contributed by atoms with Gasteiger partial charge in [-0.1, -0.05) is 11.2 Å². The third-order valence-electron chi connectivity index (χ3n) is 1.98. The van der Waals surface area contributed by atoms with Crippen LogP contribution in [0.2, 0.25) is 0 Å². The Hall–Kier alpha value is -2.65. The van der Waals surface area contributed by atoms with E-state index in [1.807, 2.05) is 0 Å². The van der Waals surface area contributed by atoms with Gasteiger partial charge in [0.05, 0.1) is 4.92 Å². The first kappa shape index (κ1) is 12.8. The predicted molar refractivity (Wildman–Crippen MR) is 55.7 cm³/mol. The summed E-state index contributed by atoms with van der Waals surface area (Å²) < 4.78 is 40.9. The lowest BCUT2D eigenvalue weighted by Crippen LogP contribution is -2.04. The smallest absolute Gasteiger partial charge is 0.399 e. The maximum atomic E-state index is 12.2. The van der Waals surface area contributed by atoms with E-state index in [-0.39, 0.29) is 11.4 Å². The molecule has 0 aliphatic carbocycles. The summed E-state index contributed by atoms with van der Waals surface area (Å²) in [7, 11) is 0. The number of nitro benzene ring substituents is 1. The Labute approximate surface area is 103 Å². The van der Waals surface area contributed by atoms with Gasteiger partial charge in [-0.3, -0.25) is 10.1 Å².